The molecule has 3 heterocycles. The van der Waals surface area contributed by atoms with Crippen LogP contribution in [0.25, 0.3) is 16.5 Å². The molecule has 2 aromatic rings. The second-order valence-corrected chi connectivity index (χ2v) is 9.54. The van der Waals surface area contributed by atoms with E-state index in [1.807, 2.05) is 13.8 Å². The highest BCUT2D eigenvalue weighted by Crippen LogP contribution is 2.42. The minimum atomic E-state index is -0.340. The van der Waals surface area contributed by atoms with Crippen molar-refractivity contribution in [1.29, 1.82) is 5.26 Å². The first kappa shape index (κ1) is 22.9. The van der Waals surface area contributed by atoms with Crippen LogP contribution in [0.5, 0.6) is 0 Å². The fourth-order valence-electron chi connectivity index (χ4n) is 5.69. The molecular formula is C26H34N6O2. The van der Waals surface area contributed by atoms with Crippen molar-refractivity contribution < 1.29 is 9.53 Å². The quantitative estimate of drug-likeness (QED) is 0.634. The van der Waals surface area contributed by atoms with Crippen molar-refractivity contribution in [2.75, 3.05) is 46.4 Å². The lowest BCUT2D eigenvalue weighted by atomic mass is 9.79. The number of likely N-dealkylation sites (N-methyl/N-ethyl adjacent to an activating group) is 1. The summed E-state index contributed by atoms with van der Waals surface area (Å²) in [5.41, 5.74) is 5.67. The van der Waals surface area contributed by atoms with Gasteiger partial charge in [-0.15, -0.1) is 0 Å². The van der Waals surface area contributed by atoms with E-state index in [2.05, 4.69) is 57.9 Å². The molecule has 180 valence electrons. The van der Waals surface area contributed by atoms with Crippen LogP contribution in [0.3, 0.4) is 0 Å². The van der Waals surface area contributed by atoms with Crippen LogP contribution in [0.4, 0.5) is 4.79 Å². The number of nitrogens with zero attached hydrogens (tertiary/aromatic N) is 3. The maximum Gasteiger partial charge on any atom is 0.317 e. The van der Waals surface area contributed by atoms with Gasteiger partial charge < -0.3 is 30.2 Å². The molecule has 8 nitrogen and oxygen atoms in total. The summed E-state index contributed by atoms with van der Waals surface area (Å²) < 4.78 is 6.04. The molecule has 1 saturated heterocycles. The summed E-state index contributed by atoms with van der Waals surface area (Å²) in [5.74, 6) is -0.340. The molecule has 4 atom stereocenters. The zero-order valence-electron chi connectivity index (χ0n) is 20.2. The predicted molar refractivity (Wildman–Crippen MR) is 133 cm³/mol. The summed E-state index contributed by atoms with van der Waals surface area (Å²) in [6.07, 6.45) is 2.89. The van der Waals surface area contributed by atoms with E-state index in [0.717, 1.165) is 30.7 Å². The number of aromatic amines is 1. The van der Waals surface area contributed by atoms with E-state index in [-0.39, 0.29) is 30.1 Å². The van der Waals surface area contributed by atoms with Crippen LogP contribution in [-0.2, 0) is 11.2 Å². The normalized spacial score (nSPS) is 25.2. The average molecular weight is 463 g/mol. The first-order valence-corrected chi connectivity index (χ1v) is 12.4. The molecule has 0 saturated carbocycles. The third-order valence-electron chi connectivity index (χ3n) is 7.50. The van der Waals surface area contributed by atoms with E-state index in [1.54, 1.807) is 4.90 Å². The van der Waals surface area contributed by atoms with Crippen molar-refractivity contribution in [1.82, 2.24) is 25.4 Å². The highest BCUT2D eigenvalue weighted by Gasteiger charge is 2.37. The van der Waals surface area contributed by atoms with Gasteiger partial charge in [-0.2, -0.15) is 5.26 Å². The zero-order valence-corrected chi connectivity index (χ0v) is 20.2. The van der Waals surface area contributed by atoms with Crippen molar-refractivity contribution in [3.63, 3.8) is 0 Å². The number of nitrogens with one attached hydrogen (secondary N) is 3. The van der Waals surface area contributed by atoms with Crippen molar-refractivity contribution >= 4 is 22.5 Å². The molecule has 1 fully saturated rings. The van der Waals surface area contributed by atoms with Crippen LogP contribution in [0.1, 0.15) is 36.6 Å². The Kier molecular flexibility index (Phi) is 6.34. The van der Waals surface area contributed by atoms with Gasteiger partial charge in [0.05, 0.1) is 24.8 Å². The van der Waals surface area contributed by atoms with Crippen molar-refractivity contribution in [3.05, 3.63) is 41.1 Å². The minimum Gasteiger partial charge on any atom is -0.374 e. The smallest absolute Gasteiger partial charge is 0.317 e. The van der Waals surface area contributed by atoms with Crippen LogP contribution in [0.2, 0.25) is 0 Å². The molecule has 3 unspecified atom stereocenters. The number of carbonyl (C=O) groups excluding carboxylic acids is 1. The molecule has 1 aliphatic carbocycles. The Morgan fingerprint density at radius 1 is 1.38 bits per heavy atom. The molecule has 3 aliphatic rings. The van der Waals surface area contributed by atoms with Crippen molar-refractivity contribution in [2.45, 2.75) is 44.4 Å². The molecule has 0 bridgehead atoms. The van der Waals surface area contributed by atoms with Gasteiger partial charge in [0.25, 0.3) is 0 Å². The third kappa shape index (κ3) is 3.98. The monoisotopic (exact) mass is 462 g/mol. The third-order valence-corrected chi connectivity index (χ3v) is 7.50. The molecule has 1 aromatic heterocycles. The lowest BCUT2D eigenvalue weighted by Crippen LogP contribution is -2.52. The number of ether oxygens (including phenoxy) is 1. The highest BCUT2D eigenvalue weighted by atomic mass is 16.5. The van der Waals surface area contributed by atoms with Crippen LogP contribution in [0.15, 0.2) is 24.3 Å². The fourth-order valence-corrected chi connectivity index (χ4v) is 5.69. The largest absolute Gasteiger partial charge is 0.374 e. The second-order valence-electron chi connectivity index (χ2n) is 9.54. The number of morpholine rings is 1. The number of hydrogen-bond donors (Lipinski definition) is 3. The average Bonchev–Trinajstić information content (AvgIpc) is 3.20. The lowest BCUT2D eigenvalue weighted by Gasteiger charge is -2.36. The number of carbonyl (C=O) groups is 1. The van der Waals surface area contributed by atoms with E-state index < -0.39 is 0 Å². The van der Waals surface area contributed by atoms with Gasteiger partial charge in [-0.05, 0) is 50.1 Å². The topological polar surface area (TPSA) is 96.4 Å². The predicted octanol–water partition coefficient (Wildman–Crippen LogP) is 2.44. The van der Waals surface area contributed by atoms with E-state index in [0.29, 0.717) is 26.2 Å². The van der Waals surface area contributed by atoms with E-state index in [9.17, 15) is 10.1 Å². The Morgan fingerprint density at radius 2 is 2.21 bits per heavy atom. The summed E-state index contributed by atoms with van der Waals surface area (Å²) in [6, 6.07) is 8.92. The van der Waals surface area contributed by atoms with E-state index in [1.165, 1.54) is 22.1 Å². The fraction of sp³-hybridized carbons (Fsp3) is 0.538. The number of fused-ring (bicyclic) bond motifs is 2. The zero-order chi connectivity index (χ0) is 23.8. The van der Waals surface area contributed by atoms with Crippen LogP contribution >= 0.6 is 0 Å². The van der Waals surface area contributed by atoms with Gasteiger partial charge in [-0.3, -0.25) is 0 Å². The van der Waals surface area contributed by atoms with Gasteiger partial charge in [0, 0.05) is 55.4 Å². The molecule has 0 spiro atoms. The first-order valence-electron chi connectivity index (χ1n) is 12.4. The second kappa shape index (κ2) is 9.41. The Labute approximate surface area is 200 Å². The van der Waals surface area contributed by atoms with Crippen molar-refractivity contribution in [3.8, 4) is 6.07 Å². The molecule has 34 heavy (non-hydrogen) atoms. The summed E-state index contributed by atoms with van der Waals surface area (Å²) in [6.45, 7) is 8.35. The molecule has 3 N–H and O–H groups in total. The Bertz CT molecular complexity index is 1140. The maximum absolute atomic E-state index is 12.6. The van der Waals surface area contributed by atoms with Gasteiger partial charge in [-0.25, -0.2) is 4.79 Å². The van der Waals surface area contributed by atoms with Crippen molar-refractivity contribution in [2.24, 2.45) is 0 Å². The van der Waals surface area contributed by atoms with Gasteiger partial charge >= 0.3 is 6.03 Å². The Balaban J connectivity index is 1.50. The number of benzene rings is 1. The number of urea groups is 1. The number of amides is 2. The van der Waals surface area contributed by atoms with E-state index in [4.69, 9.17) is 4.74 Å². The molecule has 8 heteroatoms. The molecule has 2 aliphatic heterocycles. The number of hydrogen-bond acceptors (Lipinski definition) is 5. The van der Waals surface area contributed by atoms with Crippen LogP contribution in [-0.4, -0.2) is 85.4 Å². The molecular weight excluding hydrogens is 428 g/mol. The summed E-state index contributed by atoms with van der Waals surface area (Å²) in [7, 11) is 2.08. The number of rotatable bonds is 5. The minimum absolute atomic E-state index is 0.0277. The summed E-state index contributed by atoms with van der Waals surface area (Å²) in [5, 5.41) is 18.2. The Hall–Kier alpha value is -2.86. The standard InChI is InChI=1S/C26H34N6O2/c1-4-32(5-2)26(33)29-16-11-18-17-7-6-8-21-24(17)19(12-22(18)28-14-16)25(30-21)20(13-27)23-15-31(3)9-10-34-23/h6-8,11,16,20,22-23,28,30H,4-5,9-10,12,14-15H2,1-3H3,(H,29,33)/t16?,20?,22-,23?/m1/s1. The molecule has 2 amide bonds. The number of H-pyrrole nitrogens is 1. The van der Waals surface area contributed by atoms with Crippen LogP contribution in [0, 0.1) is 11.3 Å². The highest BCUT2D eigenvalue weighted by molar-refractivity contribution is 5.99. The number of nitriles is 1. The Morgan fingerprint density at radius 3 is 2.94 bits per heavy atom. The summed E-state index contributed by atoms with van der Waals surface area (Å²) in [4.78, 5) is 20.2. The molecule has 0 radical (unpaired) electrons. The maximum atomic E-state index is 12.6. The molecule has 5 rings (SSSR count). The number of aromatic nitrogens is 1. The SMILES string of the molecule is CCN(CC)C(=O)NC1C=C2c3cccc4[nH]c(C(C#N)C5CN(C)CCO5)c(c34)C[C@H]2NC1. The van der Waals surface area contributed by atoms with Gasteiger partial charge in [0.2, 0.25) is 0 Å². The van der Waals surface area contributed by atoms with Gasteiger partial charge in [0.1, 0.15) is 5.92 Å². The van der Waals surface area contributed by atoms with Crippen LogP contribution < -0.4 is 10.6 Å². The summed E-state index contributed by atoms with van der Waals surface area (Å²) >= 11 is 0. The molecule has 1 aromatic carbocycles. The van der Waals surface area contributed by atoms with Gasteiger partial charge in [-0.1, -0.05) is 18.2 Å². The van der Waals surface area contributed by atoms with E-state index >= 15 is 0 Å². The lowest BCUT2D eigenvalue weighted by molar-refractivity contribution is -0.0256. The first-order chi connectivity index (χ1) is 16.5. The van der Waals surface area contributed by atoms with Gasteiger partial charge in [0.15, 0.2) is 0 Å².